The third kappa shape index (κ3) is 4.39. The summed E-state index contributed by atoms with van der Waals surface area (Å²) in [4.78, 5) is 24.8. The number of benzene rings is 1. The third-order valence-electron chi connectivity index (χ3n) is 4.39. The summed E-state index contributed by atoms with van der Waals surface area (Å²) < 4.78 is 12.5. The number of rotatable bonds is 7. The predicted molar refractivity (Wildman–Crippen MR) is 106 cm³/mol. The summed E-state index contributed by atoms with van der Waals surface area (Å²) in [5.41, 5.74) is 3.53. The Bertz CT molecular complexity index is 865. The number of hydrogen-bond acceptors (Lipinski definition) is 4. The minimum absolute atomic E-state index is 0.298. The van der Waals surface area contributed by atoms with Crippen LogP contribution in [0.2, 0.25) is 0 Å². The number of aromatic nitrogens is 1. The van der Waals surface area contributed by atoms with E-state index in [0.29, 0.717) is 29.2 Å². The monoisotopic (exact) mass is 370 g/mol. The van der Waals surface area contributed by atoms with Crippen LogP contribution in [0, 0.1) is 13.8 Å². The van der Waals surface area contributed by atoms with Gasteiger partial charge >= 0.3 is 5.97 Å². The second kappa shape index (κ2) is 9.07. The van der Waals surface area contributed by atoms with Gasteiger partial charge < -0.3 is 19.4 Å². The first kappa shape index (κ1) is 20.3. The number of nitrogens with zero attached hydrogens (tertiary/aromatic N) is 1. The molecule has 0 saturated heterocycles. The molecule has 6 nitrogen and oxygen atoms in total. The van der Waals surface area contributed by atoms with Crippen LogP contribution in [-0.2, 0) is 16.1 Å². The summed E-state index contributed by atoms with van der Waals surface area (Å²) in [5.74, 6) is -0.110. The van der Waals surface area contributed by atoms with Gasteiger partial charge in [-0.2, -0.15) is 0 Å². The summed E-state index contributed by atoms with van der Waals surface area (Å²) in [6.45, 7) is 8.62. The largest absolute Gasteiger partial charge is 0.495 e. The number of carbonyl (C=O) groups is 2. The minimum Gasteiger partial charge on any atom is -0.495 e. The van der Waals surface area contributed by atoms with Crippen molar-refractivity contribution in [2.24, 2.45) is 0 Å². The Morgan fingerprint density at radius 1 is 1.15 bits per heavy atom. The van der Waals surface area contributed by atoms with Crippen molar-refractivity contribution in [2.75, 3.05) is 19.0 Å². The average molecular weight is 370 g/mol. The molecule has 1 heterocycles. The lowest BCUT2D eigenvalue weighted by atomic mass is 10.1. The molecule has 6 heteroatoms. The van der Waals surface area contributed by atoms with Gasteiger partial charge in [-0.3, -0.25) is 4.79 Å². The van der Waals surface area contributed by atoms with E-state index in [1.807, 2.05) is 37.5 Å². The Kier molecular flexibility index (Phi) is 6.82. The van der Waals surface area contributed by atoms with Crippen molar-refractivity contribution in [3.63, 3.8) is 0 Å². The summed E-state index contributed by atoms with van der Waals surface area (Å²) in [5, 5.41) is 2.79. The normalized spacial score (nSPS) is 10.9. The maximum atomic E-state index is 12.4. The van der Waals surface area contributed by atoms with E-state index in [2.05, 4.69) is 5.32 Å². The lowest BCUT2D eigenvalue weighted by molar-refractivity contribution is -0.111. The van der Waals surface area contributed by atoms with E-state index in [1.54, 1.807) is 32.2 Å². The van der Waals surface area contributed by atoms with Gasteiger partial charge in [0.1, 0.15) is 5.75 Å². The van der Waals surface area contributed by atoms with Crippen molar-refractivity contribution < 1.29 is 19.1 Å². The van der Waals surface area contributed by atoms with Crippen LogP contribution in [0.4, 0.5) is 5.69 Å². The molecule has 1 aromatic heterocycles. The fraction of sp³-hybridized carbons (Fsp3) is 0.333. The molecule has 0 radical (unpaired) electrons. The molecule has 0 atom stereocenters. The van der Waals surface area contributed by atoms with Crippen molar-refractivity contribution in [3.8, 4) is 5.75 Å². The van der Waals surface area contributed by atoms with E-state index >= 15 is 0 Å². The lowest BCUT2D eigenvalue weighted by Crippen LogP contribution is -2.09. The summed E-state index contributed by atoms with van der Waals surface area (Å²) >= 11 is 0. The van der Waals surface area contributed by atoms with Crippen LogP contribution < -0.4 is 10.1 Å². The smallest absolute Gasteiger partial charge is 0.340 e. The molecule has 1 amide bonds. The topological polar surface area (TPSA) is 69.6 Å². The number of esters is 1. The van der Waals surface area contributed by atoms with Gasteiger partial charge in [0.25, 0.3) is 0 Å². The highest BCUT2D eigenvalue weighted by molar-refractivity contribution is 6.04. The molecular weight excluding hydrogens is 344 g/mol. The Balaban J connectivity index is 2.32. The number of anilines is 1. The number of para-hydroxylation sites is 2. The van der Waals surface area contributed by atoms with Gasteiger partial charge in [-0.25, -0.2) is 4.79 Å². The number of amides is 1. The molecule has 0 aliphatic rings. The molecule has 0 saturated carbocycles. The zero-order valence-electron chi connectivity index (χ0n) is 16.5. The van der Waals surface area contributed by atoms with Crippen molar-refractivity contribution in [2.45, 2.75) is 34.2 Å². The molecule has 0 unspecified atom stereocenters. The Morgan fingerprint density at radius 3 is 2.48 bits per heavy atom. The number of methoxy groups -OCH3 is 1. The molecule has 1 aromatic carbocycles. The van der Waals surface area contributed by atoms with E-state index in [9.17, 15) is 9.59 Å². The van der Waals surface area contributed by atoms with Crippen LogP contribution in [0.1, 0.15) is 41.2 Å². The fourth-order valence-electron chi connectivity index (χ4n) is 3.13. The molecule has 0 fully saturated rings. The highest BCUT2D eigenvalue weighted by Gasteiger charge is 2.22. The molecular formula is C21H26N2O4. The van der Waals surface area contributed by atoms with Crippen LogP contribution in [0.25, 0.3) is 6.08 Å². The Labute approximate surface area is 159 Å². The van der Waals surface area contributed by atoms with Gasteiger partial charge in [0.05, 0.1) is 25.0 Å². The average Bonchev–Trinajstić information content (AvgIpc) is 2.90. The van der Waals surface area contributed by atoms with E-state index < -0.39 is 0 Å². The van der Waals surface area contributed by atoms with Gasteiger partial charge in [-0.05, 0) is 45.9 Å². The predicted octanol–water partition coefficient (Wildman–Crippen LogP) is 3.96. The van der Waals surface area contributed by atoms with E-state index in [4.69, 9.17) is 9.47 Å². The van der Waals surface area contributed by atoms with Gasteiger partial charge in [-0.1, -0.05) is 12.1 Å². The van der Waals surface area contributed by atoms with Crippen LogP contribution in [0.15, 0.2) is 30.3 Å². The van der Waals surface area contributed by atoms with Crippen LogP contribution in [-0.4, -0.2) is 30.2 Å². The molecule has 1 N–H and O–H groups in total. The fourth-order valence-corrected chi connectivity index (χ4v) is 3.13. The van der Waals surface area contributed by atoms with Gasteiger partial charge in [0, 0.05) is 29.6 Å². The van der Waals surface area contributed by atoms with E-state index in [1.165, 1.54) is 6.08 Å². The second-order valence-corrected chi connectivity index (χ2v) is 5.95. The molecule has 144 valence electrons. The van der Waals surface area contributed by atoms with Crippen LogP contribution in [0.3, 0.4) is 0 Å². The maximum absolute atomic E-state index is 12.4. The van der Waals surface area contributed by atoms with Gasteiger partial charge in [-0.15, -0.1) is 0 Å². The number of carbonyl (C=O) groups excluding carboxylic acids is 2. The van der Waals surface area contributed by atoms with Crippen molar-refractivity contribution in [1.29, 1.82) is 0 Å². The molecule has 0 aliphatic heterocycles. The summed E-state index contributed by atoms with van der Waals surface area (Å²) in [6.07, 6.45) is 3.07. The van der Waals surface area contributed by atoms with Crippen LogP contribution >= 0.6 is 0 Å². The van der Waals surface area contributed by atoms with Crippen LogP contribution in [0.5, 0.6) is 5.75 Å². The van der Waals surface area contributed by atoms with Gasteiger partial charge in [0.15, 0.2) is 0 Å². The zero-order valence-corrected chi connectivity index (χ0v) is 16.5. The lowest BCUT2D eigenvalue weighted by Gasteiger charge is -2.08. The molecule has 2 rings (SSSR count). The first-order chi connectivity index (χ1) is 12.9. The first-order valence-electron chi connectivity index (χ1n) is 8.93. The van der Waals surface area contributed by atoms with E-state index in [0.717, 1.165) is 17.9 Å². The van der Waals surface area contributed by atoms with Gasteiger partial charge in [0.2, 0.25) is 5.91 Å². The second-order valence-electron chi connectivity index (χ2n) is 5.95. The van der Waals surface area contributed by atoms with Crippen molar-refractivity contribution in [1.82, 2.24) is 4.57 Å². The Hall–Kier alpha value is -3.02. The summed E-state index contributed by atoms with van der Waals surface area (Å²) in [7, 11) is 1.55. The number of nitrogens with one attached hydrogen (secondary N) is 1. The molecule has 0 aliphatic carbocycles. The summed E-state index contributed by atoms with van der Waals surface area (Å²) in [6, 6.07) is 7.18. The number of ether oxygens (including phenoxy) is 2. The van der Waals surface area contributed by atoms with Crippen molar-refractivity contribution >= 4 is 23.6 Å². The zero-order chi connectivity index (χ0) is 20.0. The highest BCUT2D eigenvalue weighted by Crippen LogP contribution is 2.26. The first-order valence-corrected chi connectivity index (χ1v) is 8.93. The molecule has 2 aromatic rings. The molecule has 0 bridgehead atoms. The maximum Gasteiger partial charge on any atom is 0.340 e. The number of hydrogen-bond donors (Lipinski definition) is 1. The molecule has 27 heavy (non-hydrogen) atoms. The quantitative estimate of drug-likeness (QED) is 0.592. The SMILES string of the molecule is CCOC(=O)c1c(/C=C/C(=O)Nc2ccccc2OC)c(C)n(CC)c1C. The minimum atomic E-state index is -0.380. The van der Waals surface area contributed by atoms with Crippen molar-refractivity contribution in [3.05, 3.63) is 52.9 Å². The third-order valence-corrected chi connectivity index (χ3v) is 4.39. The Morgan fingerprint density at radius 2 is 1.85 bits per heavy atom. The standard InChI is InChI=1S/C21H26N2O4/c1-6-23-14(3)16(20(15(23)4)21(25)27-7-2)12-13-19(24)22-17-10-8-9-11-18(17)26-5/h8-13H,6-7H2,1-5H3,(H,22,24)/b13-12+. The molecule has 0 spiro atoms. The van der Waals surface area contributed by atoms with E-state index in [-0.39, 0.29) is 11.9 Å². The highest BCUT2D eigenvalue weighted by atomic mass is 16.5.